The highest BCUT2D eigenvalue weighted by Gasteiger charge is 2.30. The fraction of sp³-hybridized carbons (Fsp3) is 0.409. The lowest BCUT2D eigenvalue weighted by Gasteiger charge is -2.23. The van der Waals surface area contributed by atoms with Gasteiger partial charge in [-0.3, -0.25) is 9.69 Å². The Labute approximate surface area is 169 Å². The molecule has 0 bridgehead atoms. The zero-order valence-electron chi connectivity index (χ0n) is 16.7. The fourth-order valence-electron chi connectivity index (χ4n) is 3.49. The Balaban J connectivity index is 1.60. The van der Waals surface area contributed by atoms with E-state index in [1.54, 1.807) is 0 Å². The molecule has 29 heavy (non-hydrogen) atoms. The number of halogens is 3. The molecule has 0 radical (unpaired) electrons. The van der Waals surface area contributed by atoms with Gasteiger partial charge in [-0.05, 0) is 42.3 Å². The van der Waals surface area contributed by atoms with Gasteiger partial charge in [-0.15, -0.1) is 0 Å². The summed E-state index contributed by atoms with van der Waals surface area (Å²) >= 11 is 0. The molecule has 156 valence electrons. The van der Waals surface area contributed by atoms with Crippen molar-refractivity contribution in [2.75, 3.05) is 45.2 Å². The van der Waals surface area contributed by atoms with Crippen LogP contribution in [0.3, 0.4) is 0 Å². The number of hydrogen-bond donors (Lipinski definition) is 0. The smallest absolute Gasteiger partial charge is 0.378 e. The first-order valence-electron chi connectivity index (χ1n) is 9.69. The predicted octanol–water partition coefficient (Wildman–Crippen LogP) is 4.12. The van der Waals surface area contributed by atoms with Crippen LogP contribution in [0.5, 0.6) is 0 Å². The normalized spacial score (nSPS) is 15.8. The Morgan fingerprint density at radius 1 is 1.00 bits per heavy atom. The topological polar surface area (TPSA) is 26.8 Å². The molecule has 0 N–H and O–H groups in total. The number of nitrogens with zero attached hydrogens (tertiary/aromatic N) is 3. The van der Waals surface area contributed by atoms with Crippen LogP contribution in [0.15, 0.2) is 48.5 Å². The molecule has 4 nitrogen and oxygen atoms in total. The summed E-state index contributed by atoms with van der Waals surface area (Å²) in [7, 11) is 3.88. The number of hydrogen-bond acceptors (Lipinski definition) is 3. The summed E-state index contributed by atoms with van der Waals surface area (Å²) in [6.07, 6.45) is -3.48. The summed E-state index contributed by atoms with van der Waals surface area (Å²) in [5, 5.41) is 0. The number of rotatable bonds is 4. The molecule has 1 aliphatic heterocycles. The molecule has 1 fully saturated rings. The molecule has 0 saturated carbocycles. The molecule has 0 aliphatic carbocycles. The lowest BCUT2D eigenvalue weighted by Crippen LogP contribution is -2.35. The third-order valence-corrected chi connectivity index (χ3v) is 5.17. The number of amides is 1. The van der Waals surface area contributed by atoms with E-state index in [4.69, 9.17) is 0 Å². The van der Waals surface area contributed by atoms with Crippen LogP contribution < -0.4 is 4.90 Å². The number of benzene rings is 2. The predicted molar refractivity (Wildman–Crippen MR) is 108 cm³/mol. The van der Waals surface area contributed by atoms with E-state index in [0.29, 0.717) is 31.7 Å². The van der Waals surface area contributed by atoms with Gasteiger partial charge in [0, 0.05) is 58.1 Å². The minimum atomic E-state index is -4.31. The van der Waals surface area contributed by atoms with Crippen molar-refractivity contribution in [1.82, 2.24) is 9.80 Å². The zero-order chi connectivity index (χ0) is 21.0. The average molecular weight is 405 g/mol. The van der Waals surface area contributed by atoms with E-state index >= 15 is 0 Å². The third kappa shape index (κ3) is 5.50. The summed E-state index contributed by atoms with van der Waals surface area (Å²) < 4.78 is 38.1. The van der Waals surface area contributed by atoms with Crippen LogP contribution in [0.25, 0.3) is 0 Å². The van der Waals surface area contributed by atoms with E-state index in [1.807, 2.05) is 48.2 Å². The standard InChI is InChI=1S/C22H26F3N3O/c1-26(2)20-6-3-5-18(15-20)21(29)28-12-4-11-27(13-14-28)16-17-7-9-19(10-8-17)22(23,24)25/h3,5-10,15H,4,11-14,16H2,1-2H3. The number of carbonyl (C=O) groups excluding carboxylic acids is 1. The number of alkyl halides is 3. The summed E-state index contributed by atoms with van der Waals surface area (Å²) in [6, 6.07) is 12.9. The molecular weight excluding hydrogens is 379 g/mol. The van der Waals surface area contributed by atoms with Gasteiger partial charge in [-0.2, -0.15) is 13.2 Å². The highest BCUT2D eigenvalue weighted by molar-refractivity contribution is 5.95. The molecular formula is C22H26F3N3O. The van der Waals surface area contributed by atoms with Crippen LogP contribution in [0, 0.1) is 0 Å². The zero-order valence-corrected chi connectivity index (χ0v) is 16.7. The second-order valence-corrected chi connectivity index (χ2v) is 7.56. The van der Waals surface area contributed by atoms with Gasteiger partial charge >= 0.3 is 6.18 Å². The van der Waals surface area contributed by atoms with Crippen LogP contribution in [0.4, 0.5) is 18.9 Å². The number of carbonyl (C=O) groups is 1. The van der Waals surface area contributed by atoms with Crippen molar-refractivity contribution in [2.45, 2.75) is 19.1 Å². The minimum absolute atomic E-state index is 0.0186. The summed E-state index contributed by atoms with van der Waals surface area (Å²) in [6.45, 7) is 3.36. The van der Waals surface area contributed by atoms with Crippen molar-refractivity contribution in [3.8, 4) is 0 Å². The molecule has 1 aliphatic rings. The number of anilines is 1. The summed E-state index contributed by atoms with van der Waals surface area (Å²) in [5.41, 5.74) is 1.87. The Hall–Kier alpha value is -2.54. The van der Waals surface area contributed by atoms with Crippen LogP contribution in [0.1, 0.15) is 27.9 Å². The van der Waals surface area contributed by atoms with Gasteiger partial charge in [0.15, 0.2) is 0 Å². The lowest BCUT2D eigenvalue weighted by atomic mass is 10.1. The first-order valence-corrected chi connectivity index (χ1v) is 9.69. The van der Waals surface area contributed by atoms with E-state index in [9.17, 15) is 18.0 Å². The van der Waals surface area contributed by atoms with Gasteiger partial charge in [0.1, 0.15) is 0 Å². The van der Waals surface area contributed by atoms with Crippen LogP contribution in [-0.4, -0.2) is 56.0 Å². The Bertz CT molecular complexity index is 834. The molecule has 2 aromatic rings. The quantitative estimate of drug-likeness (QED) is 0.766. The lowest BCUT2D eigenvalue weighted by molar-refractivity contribution is -0.137. The fourth-order valence-corrected chi connectivity index (χ4v) is 3.49. The second-order valence-electron chi connectivity index (χ2n) is 7.56. The highest BCUT2D eigenvalue weighted by Crippen LogP contribution is 2.29. The van der Waals surface area contributed by atoms with Gasteiger partial charge in [0.05, 0.1) is 5.56 Å². The monoisotopic (exact) mass is 405 g/mol. The first-order chi connectivity index (χ1) is 13.7. The average Bonchev–Trinajstić information content (AvgIpc) is 2.93. The molecule has 1 amide bonds. The summed E-state index contributed by atoms with van der Waals surface area (Å²) in [5.74, 6) is 0.0186. The summed E-state index contributed by atoms with van der Waals surface area (Å²) in [4.78, 5) is 18.9. The van der Waals surface area contributed by atoms with E-state index < -0.39 is 11.7 Å². The van der Waals surface area contributed by atoms with Crippen molar-refractivity contribution >= 4 is 11.6 Å². The molecule has 0 spiro atoms. The molecule has 2 aromatic carbocycles. The van der Waals surface area contributed by atoms with Gasteiger partial charge in [-0.1, -0.05) is 18.2 Å². The SMILES string of the molecule is CN(C)c1cccc(C(=O)N2CCCN(Cc3ccc(C(F)(F)F)cc3)CC2)c1. The maximum absolute atomic E-state index is 12.9. The molecule has 0 aromatic heterocycles. The molecule has 3 rings (SSSR count). The molecule has 7 heteroatoms. The Kier molecular flexibility index (Phi) is 6.47. The minimum Gasteiger partial charge on any atom is -0.378 e. The van der Waals surface area contributed by atoms with E-state index in [2.05, 4.69) is 4.90 Å². The van der Waals surface area contributed by atoms with E-state index in [0.717, 1.165) is 36.3 Å². The van der Waals surface area contributed by atoms with Gasteiger partial charge in [-0.25, -0.2) is 0 Å². The van der Waals surface area contributed by atoms with Crippen LogP contribution >= 0.6 is 0 Å². The molecule has 0 atom stereocenters. The Morgan fingerprint density at radius 3 is 2.38 bits per heavy atom. The largest absolute Gasteiger partial charge is 0.416 e. The highest BCUT2D eigenvalue weighted by atomic mass is 19.4. The molecule has 1 saturated heterocycles. The van der Waals surface area contributed by atoms with Gasteiger partial charge < -0.3 is 9.80 Å². The first kappa shape index (κ1) is 21.2. The second kappa shape index (κ2) is 8.86. The third-order valence-electron chi connectivity index (χ3n) is 5.17. The molecule has 0 unspecified atom stereocenters. The van der Waals surface area contributed by atoms with Crippen molar-refractivity contribution in [3.63, 3.8) is 0 Å². The van der Waals surface area contributed by atoms with Crippen molar-refractivity contribution < 1.29 is 18.0 Å². The van der Waals surface area contributed by atoms with Crippen molar-refractivity contribution in [3.05, 3.63) is 65.2 Å². The van der Waals surface area contributed by atoms with E-state index in [1.165, 1.54) is 12.1 Å². The van der Waals surface area contributed by atoms with Gasteiger partial charge in [0.2, 0.25) is 0 Å². The van der Waals surface area contributed by atoms with Crippen molar-refractivity contribution in [2.24, 2.45) is 0 Å². The van der Waals surface area contributed by atoms with Crippen LogP contribution in [0.2, 0.25) is 0 Å². The van der Waals surface area contributed by atoms with E-state index in [-0.39, 0.29) is 5.91 Å². The molecule has 1 heterocycles. The van der Waals surface area contributed by atoms with Gasteiger partial charge in [0.25, 0.3) is 5.91 Å². The Morgan fingerprint density at radius 2 is 1.72 bits per heavy atom. The van der Waals surface area contributed by atoms with Crippen LogP contribution in [-0.2, 0) is 12.7 Å². The maximum atomic E-state index is 12.9. The maximum Gasteiger partial charge on any atom is 0.416 e. The van der Waals surface area contributed by atoms with Crippen molar-refractivity contribution in [1.29, 1.82) is 0 Å².